The molecule has 0 heterocycles. The van der Waals surface area contributed by atoms with E-state index in [4.69, 9.17) is 21.1 Å². The molecule has 0 saturated heterocycles. The molecule has 0 saturated carbocycles. The SMILES string of the molecule is COc1ccc(C(=O)NN=C(C)CC(=O)NCc2ccc(Cl)cc2)c(OC)c1. The highest BCUT2D eigenvalue weighted by Crippen LogP contribution is 2.24. The molecule has 0 atom stereocenters. The molecular weight excluding hydrogens is 382 g/mol. The molecule has 28 heavy (non-hydrogen) atoms. The largest absolute Gasteiger partial charge is 0.497 e. The number of hydrogen-bond acceptors (Lipinski definition) is 5. The molecule has 0 aliphatic carbocycles. The van der Waals surface area contributed by atoms with Gasteiger partial charge in [-0.2, -0.15) is 5.10 Å². The molecule has 0 fully saturated rings. The highest BCUT2D eigenvalue weighted by molar-refractivity contribution is 6.30. The topological polar surface area (TPSA) is 89.0 Å². The number of hydrazone groups is 1. The number of nitrogens with one attached hydrogen (secondary N) is 2. The van der Waals surface area contributed by atoms with Gasteiger partial charge >= 0.3 is 0 Å². The van der Waals surface area contributed by atoms with Crippen molar-refractivity contribution in [1.82, 2.24) is 10.7 Å². The van der Waals surface area contributed by atoms with Crippen molar-refractivity contribution in [2.75, 3.05) is 14.2 Å². The Hall–Kier alpha value is -3.06. The third kappa shape index (κ3) is 6.28. The first-order valence-corrected chi connectivity index (χ1v) is 8.87. The predicted octanol–water partition coefficient (Wildman–Crippen LogP) is 3.17. The maximum Gasteiger partial charge on any atom is 0.275 e. The van der Waals surface area contributed by atoms with E-state index >= 15 is 0 Å². The van der Waals surface area contributed by atoms with E-state index < -0.39 is 5.91 Å². The lowest BCUT2D eigenvalue weighted by Gasteiger charge is -2.09. The molecule has 0 radical (unpaired) electrons. The number of hydrogen-bond donors (Lipinski definition) is 2. The Morgan fingerprint density at radius 1 is 1.07 bits per heavy atom. The molecule has 0 spiro atoms. The summed E-state index contributed by atoms with van der Waals surface area (Å²) < 4.78 is 10.3. The molecule has 2 amide bonds. The van der Waals surface area contributed by atoms with Gasteiger partial charge in [-0.3, -0.25) is 9.59 Å². The Balaban J connectivity index is 1.88. The molecular formula is C20H22ClN3O4. The van der Waals surface area contributed by atoms with Gasteiger partial charge in [0, 0.05) is 23.3 Å². The summed E-state index contributed by atoms with van der Waals surface area (Å²) in [6.07, 6.45) is 0.0631. The Morgan fingerprint density at radius 3 is 2.43 bits per heavy atom. The Kier molecular flexibility index (Phi) is 7.83. The van der Waals surface area contributed by atoms with Crippen LogP contribution in [0, 0.1) is 0 Å². The Labute approximate surface area is 168 Å². The quantitative estimate of drug-likeness (QED) is 0.523. The van der Waals surface area contributed by atoms with Crippen molar-refractivity contribution in [3.8, 4) is 11.5 Å². The fraction of sp³-hybridized carbons (Fsp3) is 0.250. The number of ether oxygens (including phenoxy) is 2. The summed E-state index contributed by atoms with van der Waals surface area (Å²) in [5.74, 6) is 0.295. The lowest BCUT2D eigenvalue weighted by Crippen LogP contribution is -2.26. The minimum Gasteiger partial charge on any atom is -0.497 e. The molecule has 8 heteroatoms. The van der Waals surface area contributed by atoms with Gasteiger partial charge in [0.1, 0.15) is 11.5 Å². The molecule has 2 aromatic rings. The van der Waals surface area contributed by atoms with Crippen LogP contribution in [-0.2, 0) is 11.3 Å². The van der Waals surface area contributed by atoms with Crippen LogP contribution >= 0.6 is 11.6 Å². The number of halogens is 1. The van der Waals surface area contributed by atoms with Gasteiger partial charge in [-0.25, -0.2) is 5.43 Å². The average molecular weight is 404 g/mol. The number of carbonyl (C=O) groups excluding carboxylic acids is 2. The summed E-state index contributed by atoms with van der Waals surface area (Å²) in [7, 11) is 2.99. The van der Waals surface area contributed by atoms with Crippen LogP contribution in [0.4, 0.5) is 0 Å². The van der Waals surface area contributed by atoms with Crippen LogP contribution in [-0.4, -0.2) is 31.7 Å². The van der Waals surface area contributed by atoms with Crippen LogP contribution in [0.1, 0.15) is 29.3 Å². The van der Waals surface area contributed by atoms with Gasteiger partial charge in [0.2, 0.25) is 5.91 Å². The monoisotopic (exact) mass is 403 g/mol. The molecule has 2 rings (SSSR count). The van der Waals surface area contributed by atoms with Crippen molar-refractivity contribution in [1.29, 1.82) is 0 Å². The van der Waals surface area contributed by atoms with Crippen LogP contribution < -0.4 is 20.2 Å². The molecule has 2 N–H and O–H groups in total. The van der Waals surface area contributed by atoms with Gasteiger partial charge in [0.05, 0.1) is 26.2 Å². The molecule has 148 valence electrons. The lowest BCUT2D eigenvalue weighted by molar-refractivity contribution is -0.120. The van der Waals surface area contributed by atoms with Gasteiger partial charge in [-0.1, -0.05) is 23.7 Å². The van der Waals surface area contributed by atoms with Crippen LogP contribution in [0.25, 0.3) is 0 Å². The number of rotatable bonds is 8. The maximum absolute atomic E-state index is 12.3. The number of benzene rings is 2. The molecule has 0 unspecified atom stereocenters. The second kappa shape index (κ2) is 10.3. The first-order valence-electron chi connectivity index (χ1n) is 8.49. The molecule has 7 nitrogen and oxygen atoms in total. The summed E-state index contributed by atoms with van der Waals surface area (Å²) in [5, 5.41) is 7.41. The van der Waals surface area contributed by atoms with Crippen LogP contribution in [0.5, 0.6) is 11.5 Å². The highest BCUT2D eigenvalue weighted by Gasteiger charge is 2.13. The number of nitrogens with zero attached hydrogens (tertiary/aromatic N) is 1. The van der Waals surface area contributed by atoms with Gasteiger partial charge < -0.3 is 14.8 Å². The minimum atomic E-state index is -0.444. The van der Waals surface area contributed by atoms with Gasteiger partial charge in [-0.05, 0) is 36.8 Å². The van der Waals surface area contributed by atoms with Crippen molar-refractivity contribution in [2.45, 2.75) is 19.9 Å². The summed E-state index contributed by atoms with van der Waals surface area (Å²) in [6, 6.07) is 12.0. The molecule has 0 aliphatic rings. The summed E-state index contributed by atoms with van der Waals surface area (Å²) in [6.45, 7) is 2.05. The fourth-order valence-electron chi connectivity index (χ4n) is 2.33. The Bertz CT molecular complexity index is 866. The zero-order valence-electron chi connectivity index (χ0n) is 15.9. The third-order valence-corrected chi connectivity index (χ3v) is 4.07. The molecule has 0 bridgehead atoms. The average Bonchev–Trinajstić information content (AvgIpc) is 2.71. The van der Waals surface area contributed by atoms with Crippen molar-refractivity contribution in [2.24, 2.45) is 5.10 Å². The number of carbonyl (C=O) groups is 2. The summed E-state index contributed by atoms with van der Waals surface area (Å²) in [5.41, 5.74) is 4.15. The minimum absolute atomic E-state index is 0.0631. The van der Waals surface area contributed by atoms with Gasteiger partial charge in [0.25, 0.3) is 5.91 Å². The first kappa shape index (κ1) is 21.2. The zero-order valence-corrected chi connectivity index (χ0v) is 16.7. The smallest absolute Gasteiger partial charge is 0.275 e. The maximum atomic E-state index is 12.3. The van der Waals surface area contributed by atoms with Crippen LogP contribution in [0.3, 0.4) is 0 Å². The molecule has 0 aliphatic heterocycles. The normalized spacial score (nSPS) is 10.9. The van der Waals surface area contributed by atoms with Gasteiger partial charge in [0.15, 0.2) is 0 Å². The predicted molar refractivity (Wildman–Crippen MR) is 108 cm³/mol. The second-order valence-electron chi connectivity index (χ2n) is 5.93. The van der Waals surface area contributed by atoms with E-state index in [0.717, 1.165) is 5.56 Å². The van der Waals surface area contributed by atoms with Crippen molar-refractivity contribution in [3.05, 3.63) is 58.6 Å². The zero-order chi connectivity index (χ0) is 20.5. The fourth-order valence-corrected chi connectivity index (χ4v) is 2.46. The van der Waals surface area contributed by atoms with E-state index in [2.05, 4.69) is 15.8 Å². The summed E-state index contributed by atoms with van der Waals surface area (Å²) in [4.78, 5) is 24.3. The van der Waals surface area contributed by atoms with E-state index in [-0.39, 0.29) is 12.3 Å². The van der Waals surface area contributed by atoms with Crippen LogP contribution in [0.15, 0.2) is 47.6 Å². The third-order valence-electron chi connectivity index (χ3n) is 3.82. The number of amides is 2. The standard InChI is InChI=1S/C20H22ClN3O4/c1-13(10-19(25)22-12-14-4-6-15(21)7-5-14)23-24-20(26)17-9-8-16(27-2)11-18(17)28-3/h4-9,11H,10,12H2,1-3H3,(H,22,25)(H,24,26). The molecule has 2 aromatic carbocycles. The summed E-state index contributed by atoms with van der Waals surface area (Å²) >= 11 is 5.83. The van der Waals surface area contributed by atoms with Crippen molar-refractivity contribution < 1.29 is 19.1 Å². The van der Waals surface area contributed by atoms with E-state index in [1.54, 1.807) is 37.3 Å². The van der Waals surface area contributed by atoms with E-state index in [1.165, 1.54) is 14.2 Å². The second-order valence-corrected chi connectivity index (χ2v) is 6.37. The first-order chi connectivity index (χ1) is 13.4. The lowest BCUT2D eigenvalue weighted by atomic mass is 10.2. The molecule has 0 aromatic heterocycles. The van der Waals surface area contributed by atoms with E-state index in [1.807, 2.05) is 12.1 Å². The van der Waals surface area contributed by atoms with Crippen molar-refractivity contribution >= 4 is 29.1 Å². The van der Waals surface area contributed by atoms with E-state index in [0.29, 0.717) is 34.3 Å². The van der Waals surface area contributed by atoms with Gasteiger partial charge in [-0.15, -0.1) is 0 Å². The number of methoxy groups -OCH3 is 2. The van der Waals surface area contributed by atoms with E-state index in [9.17, 15) is 9.59 Å². The van der Waals surface area contributed by atoms with Crippen LogP contribution in [0.2, 0.25) is 5.02 Å². The van der Waals surface area contributed by atoms with Crippen molar-refractivity contribution in [3.63, 3.8) is 0 Å². The highest BCUT2D eigenvalue weighted by atomic mass is 35.5. The Morgan fingerprint density at radius 2 is 1.79 bits per heavy atom.